The standard InChI is InChI=1S/C11H14F2N2O2S/c12-9-4-1-5-10(13)11(9)18(16,17)15-6-2-3-8(14)7-15/h1,4-5,8H,2-3,6-7,14H2/t8-/m1/s1. The lowest BCUT2D eigenvalue weighted by Gasteiger charge is -2.29. The van der Waals surface area contributed by atoms with Crippen LogP contribution in [0.25, 0.3) is 0 Å². The third-order valence-corrected chi connectivity index (χ3v) is 4.85. The Morgan fingerprint density at radius 1 is 1.28 bits per heavy atom. The summed E-state index contributed by atoms with van der Waals surface area (Å²) in [5.74, 6) is -2.15. The van der Waals surface area contributed by atoms with Crippen LogP contribution in [0.4, 0.5) is 8.78 Å². The van der Waals surface area contributed by atoms with Crippen LogP contribution in [-0.2, 0) is 10.0 Å². The first-order valence-corrected chi connectivity index (χ1v) is 7.06. The quantitative estimate of drug-likeness (QED) is 0.879. The fourth-order valence-electron chi connectivity index (χ4n) is 2.05. The Bertz CT molecular complexity index is 528. The van der Waals surface area contributed by atoms with E-state index in [1.165, 1.54) is 0 Å². The predicted octanol–water partition coefficient (Wildman–Crippen LogP) is 1.08. The topological polar surface area (TPSA) is 63.4 Å². The highest BCUT2D eigenvalue weighted by Crippen LogP contribution is 2.24. The number of hydrogen-bond donors (Lipinski definition) is 1. The van der Waals surface area contributed by atoms with Crippen LogP contribution < -0.4 is 5.73 Å². The van der Waals surface area contributed by atoms with Crippen molar-refractivity contribution in [2.24, 2.45) is 5.73 Å². The van der Waals surface area contributed by atoms with Gasteiger partial charge in [-0.05, 0) is 25.0 Å². The minimum atomic E-state index is -4.15. The first-order valence-electron chi connectivity index (χ1n) is 5.62. The highest BCUT2D eigenvalue weighted by Gasteiger charge is 2.33. The SMILES string of the molecule is N[C@@H]1CCCN(S(=O)(=O)c2c(F)cccc2F)C1. The fourth-order valence-corrected chi connectivity index (χ4v) is 3.69. The molecule has 4 nitrogen and oxygen atoms in total. The summed E-state index contributed by atoms with van der Waals surface area (Å²) in [7, 11) is -4.15. The van der Waals surface area contributed by atoms with Crippen molar-refractivity contribution < 1.29 is 17.2 Å². The molecule has 1 fully saturated rings. The number of benzene rings is 1. The van der Waals surface area contributed by atoms with Crippen LogP contribution in [-0.4, -0.2) is 31.9 Å². The summed E-state index contributed by atoms with van der Waals surface area (Å²) >= 11 is 0. The molecule has 0 aromatic heterocycles. The van der Waals surface area contributed by atoms with E-state index < -0.39 is 26.6 Å². The van der Waals surface area contributed by atoms with Crippen LogP contribution in [0, 0.1) is 11.6 Å². The van der Waals surface area contributed by atoms with Gasteiger partial charge in [0.05, 0.1) is 0 Å². The zero-order valence-corrected chi connectivity index (χ0v) is 10.5. The van der Waals surface area contributed by atoms with Gasteiger partial charge in [-0.3, -0.25) is 0 Å². The fraction of sp³-hybridized carbons (Fsp3) is 0.455. The second kappa shape index (κ2) is 4.91. The van der Waals surface area contributed by atoms with Crippen molar-refractivity contribution in [3.05, 3.63) is 29.8 Å². The van der Waals surface area contributed by atoms with Crippen molar-refractivity contribution in [3.8, 4) is 0 Å². The van der Waals surface area contributed by atoms with Crippen LogP contribution >= 0.6 is 0 Å². The Balaban J connectivity index is 2.42. The van der Waals surface area contributed by atoms with E-state index in [0.717, 1.165) is 22.5 Å². The zero-order chi connectivity index (χ0) is 13.3. The van der Waals surface area contributed by atoms with Gasteiger partial charge in [0.2, 0.25) is 10.0 Å². The maximum atomic E-state index is 13.5. The van der Waals surface area contributed by atoms with E-state index in [1.54, 1.807) is 0 Å². The normalized spacial score (nSPS) is 22.1. The van der Waals surface area contributed by atoms with Crippen molar-refractivity contribution in [1.29, 1.82) is 0 Å². The maximum absolute atomic E-state index is 13.5. The summed E-state index contributed by atoms with van der Waals surface area (Å²) < 4.78 is 52.4. The molecule has 0 aliphatic carbocycles. The molecule has 0 saturated carbocycles. The van der Waals surface area contributed by atoms with Gasteiger partial charge in [0, 0.05) is 19.1 Å². The highest BCUT2D eigenvalue weighted by atomic mass is 32.2. The van der Waals surface area contributed by atoms with Crippen LogP contribution in [0.2, 0.25) is 0 Å². The zero-order valence-electron chi connectivity index (χ0n) is 9.64. The van der Waals surface area contributed by atoms with Crippen molar-refractivity contribution >= 4 is 10.0 Å². The van der Waals surface area contributed by atoms with Crippen LogP contribution in [0.3, 0.4) is 0 Å². The van der Waals surface area contributed by atoms with E-state index in [1.807, 2.05) is 0 Å². The Morgan fingerprint density at radius 2 is 1.89 bits per heavy atom. The molecule has 1 aliphatic heterocycles. The summed E-state index contributed by atoms with van der Waals surface area (Å²) in [5.41, 5.74) is 5.68. The van der Waals surface area contributed by atoms with Crippen LogP contribution in [0.1, 0.15) is 12.8 Å². The van der Waals surface area contributed by atoms with Gasteiger partial charge in [0.1, 0.15) is 11.6 Å². The van der Waals surface area contributed by atoms with Gasteiger partial charge in [-0.15, -0.1) is 0 Å². The Labute approximate surface area is 104 Å². The third-order valence-electron chi connectivity index (χ3n) is 2.94. The molecule has 1 aromatic rings. The molecule has 0 amide bonds. The molecular weight excluding hydrogens is 262 g/mol. The van der Waals surface area contributed by atoms with Crippen molar-refractivity contribution in [1.82, 2.24) is 4.31 Å². The molecule has 7 heteroatoms. The molecule has 0 spiro atoms. The number of halogens is 2. The van der Waals surface area contributed by atoms with Crippen molar-refractivity contribution in [3.63, 3.8) is 0 Å². The van der Waals surface area contributed by atoms with Gasteiger partial charge in [-0.25, -0.2) is 17.2 Å². The molecular formula is C11H14F2N2O2S. The maximum Gasteiger partial charge on any atom is 0.248 e. The lowest BCUT2D eigenvalue weighted by molar-refractivity contribution is 0.313. The van der Waals surface area contributed by atoms with Gasteiger partial charge in [-0.1, -0.05) is 6.07 Å². The smallest absolute Gasteiger partial charge is 0.248 e. The largest absolute Gasteiger partial charge is 0.327 e. The molecule has 2 rings (SSSR count). The number of nitrogens with zero attached hydrogens (tertiary/aromatic N) is 1. The molecule has 100 valence electrons. The molecule has 1 aromatic carbocycles. The molecule has 1 aliphatic rings. The molecule has 18 heavy (non-hydrogen) atoms. The van der Waals surface area contributed by atoms with E-state index in [-0.39, 0.29) is 19.1 Å². The lowest BCUT2D eigenvalue weighted by atomic mass is 10.1. The number of sulfonamides is 1. The van der Waals surface area contributed by atoms with Crippen LogP contribution in [0.15, 0.2) is 23.1 Å². The number of hydrogen-bond acceptors (Lipinski definition) is 3. The minimum Gasteiger partial charge on any atom is -0.327 e. The predicted molar refractivity (Wildman–Crippen MR) is 62.3 cm³/mol. The van der Waals surface area contributed by atoms with E-state index in [9.17, 15) is 17.2 Å². The summed E-state index contributed by atoms with van der Waals surface area (Å²) in [6.45, 7) is 0.333. The summed E-state index contributed by atoms with van der Waals surface area (Å²) in [6.07, 6.45) is 1.31. The van der Waals surface area contributed by atoms with Gasteiger partial charge >= 0.3 is 0 Å². The molecule has 2 N–H and O–H groups in total. The van der Waals surface area contributed by atoms with Crippen LogP contribution in [0.5, 0.6) is 0 Å². The average Bonchev–Trinajstić information content (AvgIpc) is 2.28. The number of piperidine rings is 1. The van der Waals surface area contributed by atoms with Gasteiger partial charge in [-0.2, -0.15) is 4.31 Å². The van der Waals surface area contributed by atoms with E-state index in [2.05, 4.69) is 0 Å². The molecule has 0 bridgehead atoms. The number of nitrogens with two attached hydrogens (primary N) is 1. The third kappa shape index (κ3) is 2.38. The highest BCUT2D eigenvalue weighted by molar-refractivity contribution is 7.89. The lowest BCUT2D eigenvalue weighted by Crippen LogP contribution is -2.46. The average molecular weight is 276 g/mol. The molecule has 0 radical (unpaired) electrons. The Hall–Kier alpha value is -1.05. The molecule has 0 unspecified atom stereocenters. The summed E-state index contributed by atoms with van der Waals surface area (Å²) in [5, 5.41) is 0. The summed E-state index contributed by atoms with van der Waals surface area (Å²) in [4.78, 5) is -0.890. The Morgan fingerprint density at radius 3 is 2.44 bits per heavy atom. The number of rotatable bonds is 2. The van der Waals surface area contributed by atoms with Crippen molar-refractivity contribution in [2.75, 3.05) is 13.1 Å². The monoisotopic (exact) mass is 276 g/mol. The molecule has 1 heterocycles. The Kier molecular flexibility index (Phi) is 3.65. The van der Waals surface area contributed by atoms with Gasteiger partial charge in [0.15, 0.2) is 4.90 Å². The molecule has 1 saturated heterocycles. The summed E-state index contributed by atoms with van der Waals surface area (Å²) in [6, 6.07) is 2.70. The van der Waals surface area contributed by atoms with E-state index in [4.69, 9.17) is 5.73 Å². The molecule has 1 atom stereocenters. The first-order chi connectivity index (χ1) is 8.43. The van der Waals surface area contributed by atoms with E-state index in [0.29, 0.717) is 12.8 Å². The van der Waals surface area contributed by atoms with Gasteiger partial charge in [0.25, 0.3) is 0 Å². The minimum absolute atomic E-state index is 0.0934. The second-order valence-electron chi connectivity index (χ2n) is 4.32. The van der Waals surface area contributed by atoms with E-state index >= 15 is 0 Å². The van der Waals surface area contributed by atoms with Crippen molar-refractivity contribution in [2.45, 2.75) is 23.8 Å². The second-order valence-corrected chi connectivity index (χ2v) is 6.19. The van der Waals surface area contributed by atoms with Gasteiger partial charge < -0.3 is 5.73 Å². The first kappa shape index (κ1) is 13.4.